The van der Waals surface area contributed by atoms with Crippen molar-refractivity contribution in [2.24, 2.45) is 17.3 Å². The minimum absolute atomic E-state index is 0.492. The second-order valence-corrected chi connectivity index (χ2v) is 10.9. The lowest BCUT2D eigenvalue weighted by atomic mass is 9.55. The summed E-state index contributed by atoms with van der Waals surface area (Å²) in [5.41, 5.74) is 7.09. The number of aryl methyl sites for hydroxylation is 2. The van der Waals surface area contributed by atoms with Gasteiger partial charge in [-0.15, -0.1) is 0 Å². The minimum atomic E-state index is 0.492. The molecule has 0 N–H and O–H groups in total. The molecule has 0 heterocycles. The maximum atomic E-state index is 2.63. The van der Waals surface area contributed by atoms with Crippen LogP contribution in [0.25, 0.3) is 0 Å². The van der Waals surface area contributed by atoms with E-state index in [0.29, 0.717) is 5.41 Å². The smallest absolute Gasteiger partial charge is 0.0116 e. The molecule has 0 aliphatic heterocycles. The molecule has 3 aliphatic rings. The molecule has 2 saturated carbocycles. The number of nitrogens with zero attached hydrogens (tertiary/aromatic N) is 1. The van der Waals surface area contributed by atoms with E-state index < -0.39 is 0 Å². The van der Waals surface area contributed by atoms with Gasteiger partial charge in [0.25, 0.3) is 0 Å². The average Bonchev–Trinajstić information content (AvgIpc) is 2.97. The summed E-state index contributed by atoms with van der Waals surface area (Å²) in [5, 5.41) is 0. The fraction of sp³-hybridized carbons (Fsp3) is 0.680. The molecular formula is C25H37NS. The average molecular weight is 384 g/mol. The first-order chi connectivity index (χ1) is 13.0. The Labute approximate surface area is 171 Å². The van der Waals surface area contributed by atoms with Gasteiger partial charge in [-0.25, -0.2) is 0 Å². The molecule has 4 rings (SSSR count). The second kappa shape index (κ2) is 7.95. The lowest BCUT2D eigenvalue weighted by Gasteiger charge is -2.49. The standard InChI is InChI=1S/C25H37NS/c1-18-5-8-21-19(17-18)6-9-23-22(21)11-13-25(2)20(7-10-24(23)25)12-15-27-16-14-26(3)4/h5,8,12,17,22-24H,6-7,9-11,13-16H2,1-4H3/b20-12+. The van der Waals surface area contributed by atoms with Gasteiger partial charge in [0.1, 0.15) is 0 Å². The summed E-state index contributed by atoms with van der Waals surface area (Å²) in [4.78, 5) is 2.29. The van der Waals surface area contributed by atoms with Crippen LogP contribution in [0.2, 0.25) is 0 Å². The molecule has 3 aliphatic carbocycles. The van der Waals surface area contributed by atoms with Crippen LogP contribution in [-0.4, -0.2) is 37.0 Å². The van der Waals surface area contributed by atoms with E-state index >= 15 is 0 Å². The molecule has 0 aromatic heterocycles. The van der Waals surface area contributed by atoms with Crippen molar-refractivity contribution >= 4 is 11.8 Å². The van der Waals surface area contributed by atoms with E-state index in [-0.39, 0.29) is 0 Å². The summed E-state index contributed by atoms with van der Waals surface area (Å²) in [6.07, 6.45) is 11.0. The van der Waals surface area contributed by atoms with Crippen LogP contribution < -0.4 is 0 Å². The van der Waals surface area contributed by atoms with E-state index in [4.69, 9.17) is 0 Å². The molecule has 0 bridgehead atoms. The summed E-state index contributed by atoms with van der Waals surface area (Å²) in [7, 11) is 4.34. The Morgan fingerprint density at radius 1 is 1.19 bits per heavy atom. The molecule has 0 radical (unpaired) electrons. The fourth-order valence-corrected chi connectivity index (χ4v) is 7.36. The fourth-order valence-electron chi connectivity index (χ4n) is 6.38. The molecule has 2 fully saturated rings. The molecule has 0 spiro atoms. The molecule has 27 heavy (non-hydrogen) atoms. The van der Waals surface area contributed by atoms with E-state index in [9.17, 15) is 0 Å². The van der Waals surface area contributed by atoms with Crippen molar-refractivity contribution in [3.63, 3.8) is 0 Å². The number of thioether (sulfide) groups is 1. The molecule has 4 atom stereocenters. The first kappa shape index (κ1) is 19.6. The zero-order valence-electron chi connectivity index (χ0n) is 17.8. The van der Waals surface area contributed by atoms with Crippen molar-refractivity contribution in [2.45, 2.75) is 58.3 Å². The van der Waals surface area contributed by atoms with Gasteiger partial charge in [-0.05, 0) is 93.8 Å². The number of hydrogen-bond acceptors (Lipinski definition) is 2. The molecule has 0 amide bonds. The van der Waals surface area contributed by atoms with Gasteiger partial charge >= 0.3 is 0 Å². The highest BCUT2D eigenvalue weighted by Gasteiger charge is 2.52. The number of hydrogen-bond donors (Lipinski definition) is 0. The molecule has 1 aromatic rings. The quantitative estimate of drug-likeness (QED) is 0.448. The predicted molar refractivity (Wildman–Crippen MR) is 120 cm³/mol. The zero-order chi connectivity index (χ0) is 19.0. The first-order valence-electron chi connectivity index (χ1n) is 11.0. The van der Waals surface area contributed by atoms with E-state index in [1.54, 1.807) is 16.7 Å². The van der Waals surface area contributed by atoms with Crippen LogP contribution in [0.3, 0.4) is 0 Å². The Morgan fingerprint density at radius 3 is 2.85 bits per heavy atom. The Bertz CT molecular complexity index is 706. The summed E-state index contributed by atoms with van der Waals surface area (Å²) in [5.74, 6) is 5.13. The van der Waals surface area contributed by atoms with Crippen molar-refractivity contribution in [2.75, 3.05) is 32.1 Å². The Hall–Kier alpha value is -0.730. The highest BCUT2D eigenvalue weighted by Crippen LogP contribution is 2.62. The maximum Gasteiger partial charge on any atom is 0.0116 e. The van der Waals surface area contributed by atoms with Crippen LogP contribution in [0.1, 0.15) is 61.6 Å². The minimum Gasteiger partial charge on any atom is -0.309 e. The SMILES string of the molecule is Cc1ccc2c(c1)CCC1C2CCC2(C)/C(=C/CSCCN(C)C)CCC12. The molecule has 2 heteroatoms. The van der Waals surface area contributed by atoms with Crippen LogP contribution in [0.5, 0.6) is 0 Å². The number of fused-ring (bicyclic) bond motifs is 5. The summed E-state index contributed by atoms with van der Waals surface area (Å²) in [6, 6.07) is 7.28. The number of benzene rings is 1. The van der Waals surface area contributed by atoms with Crippen molar-refractivity contribution in [3.8, 4) is 0 Å². The van der Waals surface area contributed by atoms with E-state index in [1.807, 2.05) is 0 Å². The van der Waals surface area contributed by atoms with Gasteiger partial charge in [-0.2, -0.15) is 11.8 Å². The van der Waals surface area contributed by atoms with Crippen molar-refractivity contribution in [1.29, 1.82) is 0 Å². The Morgan fingerprint density at radius 2 is 2.04 bits per heavy atom. The van der Waals surface area contributed by atoms with Gasteiger partial charge in [0, 0.05) is 18.1 Å². The van der Waals surface area contributed by atoms with Gasteiger partial charge in [0.05, 0.1) is 0 Å². The molecule has 1 nitrogen and oxygen atoms in total. The van der Waals surface area contributed by atoms with Crippen LogP contribution >= 0.6 is 11.8 Å². The van der Waals surface area contributed by atoms with E-state index in [2.05, 4.69) is 68.9 Å². The largest absolute Gasteiger partial charge is 0.309 e. The number of rotatable bonds is 5. The van der Waals surface area contributed by atoms with Gasteiger partial charge in [0.2, 0.25) is 0 Å². The van der Waals surface area contributed by atoms with Crippen LogP contribution in [-0.2, 0) is 6.42 Å². The van der Waals surface area contributed by atoms with Gasteiger partial charge < -0.3 is 4.90 Å². The highest BCUT2D eigenvalue weighted by molar-refractivity contribution is 7.99. The topological polar surface area (TPSA) is 3.24 Å². The molecule has 1 aromatic carbocycles. The lowest BCUT2D eigenvalue weighted by Crippen LogP contribution is -2.40. The van der Waals surface area contributed by atoms with Crippen molar-refractivity contribution in [3.05, 3.63) is 46.5 Å². The first-order valence-corrected chi connectivity index (χ1v) is 12.2. The number of allylic oxidation sites excluding steroid dienone is 1. The van der Waals surface area contributed by atoms with Gasteiger partial charge in [0.15, 0.2) is 0 Å². The summed E-state index contributed by atoms with van der Waals surface area (Å²) < 4.78 is 0. The summed E-state index contributed by atoms with van der Waals surface area (Å²) in [6.45, 7) is 6.05. The van der Waals surface area contributed by atoms with Gasteiger partial charge in [-0.3, -0.25) is 0 Å². The van der Waals surface area contributed by atoms with E-state index in [1.165, 1.54) is 62.1 Å². The Kier molecular flexibility index (Phi) is 5.77. The molecule has 0 saturated heterocycles. The van der Waals surface area contributed by atoms with E-state index in [0.717, 1.165) is 17.8 Å². The Balaban J connectivity index is 1.46. The highest BCUT2D eigenvalue weighted by atomic mass is 32.2. The van der Waals surface area contributed by atoms with Crippen molar-refractivity contribution < 1.29 is 0 Å². The van der Waals surface area contributed by atoms with Crippen LogP contribution in [0, 0.1) is 24.2 Å². The third kappa shape index (κ3) is 3.77. The zero-order valence-corrected chi connectivity index (χ0v) is 18.6. The molecule has 4 unspecified atom stereocenters. The van der Waals surface area contributed by atoms with Crippen molar-refractivity contribution in [1.82, 2.24) is 4.90 Å². The molecular weight excluding hydrogens is 346 g/mol. The third-order valence-electron chi connectivity index (χ3n) is 7.86. The summed E-state index contributed by atoms with van der Waals surface area (Å²) >= 11 is 2.10. The monoisotopic (exact) mass is 383 g/mol. The van der Waals surface area contributed by atoms with Gasteiger partial charge in [-0.1, -0.05) is 42.3 Å². The second-order valence-electron chi connectivity index (χ2n) is 9.72. The van der Waals surface area contributed by atoms with Crippen LogP contribution in [0.15, 0.2) is 29.8 Å². The normalized spacial score (nSPS) is 33.8. The molecule has 148 valence electrons. The third-order valence-corrected chi connectivity index (χ3v) is 8.73. The van der Waals surface area contributed by atoms with Crippen LogP contribution in [0.4, 0.5) is 0 Å². The predicted octanol–water partition coefficient (Wildman–Crippen LogP) is 6.07. The lowest BCUT2D eigenvalue weighted by molar-refractivity contribution is 0.0814. The maximum absolute atomic E-state index is 2.63.